The van der Waals surface area contributed by atoms with Gasteiger partial charge in [0.1, 0.15) is 0 Å². The summed E-state index contributed by atoms with van der Waals surface area (Å²) in [4.78, 5) is 6.81. The molecule has 0 aliphatic heterocycles. The first kappa shape index (κ1) is 17.5. The van der Waals surface area contributed by atoms with E-state index in [0.29, 0.717) is 0 Å². The van der Waals surface area contributed by atoms with E-state index in [-0.39, 0.29) is 5.41 Å². The molecule has 2 aromatic carbocycles. The Morgan fingerprint density at radius 3 is 2.12 bits per heavy atom. The minimum Gasteiger partial charge on any atom is -0.378 e. The van der Waals surface area contributed by atoms with Crippen LogP contribution < -0.4 is 10.2 Å². The monoisotopic (exact) mass is 351 g/mol. The number of anilines is 3. The molecule has 1 heterocycles. The molecule has 0 unspecified atom stereocenters. The summed E-state index contributed by atoms with van der Waals surface area (Å²) in [6, 6.07) is 17.1. The molecule has 1 aromatic heterocycles. The lowest BCUT2D eigenvalue weighted by molar-refractivity contribution is 0.590. The van der Waals surface area contributed by atoms with Gasteiger partial charge in [-0.05, 0) is 35.2 Å². The van der Waals surface area contributed by atoms with Gasteiger partial charge in [-0.25, -0.2) is 4.98 Å². The lowest BCUT2D eigenvalue weighted by atomic mass is 9.86. The summed E-state index contributed by atoms with van der Waals surface area (Å²) < 4.78 is 0. The van der Waals surface area contributed by atoms with Crippen LogP contribution in [-0.4, -0.2) is 19.1 Å². The average molecular weight is 352 g/mol. The molecule has 4 heteroatoms. The summed E-state index contributed by atoms with van der Waals surface area (Å²) in [5.74, 6) is 0. The van der Waals surface area contributed by atoms with E-state index in [4.69, 9.17) is 4.98 Å². The van der Waals surface area contributed by atoms with Gasteiger partial charge in [0.05, 0.1) is 5.69 Å². The first-order chi connectivity index (χ1) is 11.8. The maximum atomic E-state index is 4.72. The number of aromatic nitrogens is 1. The van der Waals surface area contributed by atoms with E-state index >= 15 is 0 Å². The second-order valence-corrected chi connectivity index (χ2v) is 8.29. The number of hydrogen-bond acceptors (Lipinski definition) is 4. The van der Waals surface area contributed by atoms with E-state index in [1.807, 2.05) is 14.1 Å². The molecule has 3 rings (SSSR count). The smallest absolute Gasteiger partial charge is 0.187 e. The Hall–Kier alpha value is -2.33. The highest BCUT2D eigenvalue weighted by molar-refractivity contribution is 7.14. The molecule has 0 fully saturated rings. The van der Waals surface area contributed by atoms with Gasteiger partial charge in [0, 0.05) is 36.4 Å². The quantitative estimate of drug-likeness (QED) is 0.632. The van der Waals surface area contributed by atoms with Gasteiger partial charge >= 0.3 is 0 Å². The third-order valence-corrected chi connectivity index (χ3v) is 4.94. The van der Waals surface area contributed by atoms with Gasteiger partial charge in [0.25, 0.3) is 0 Å². The third-order valence-electron chi connectivity index (χ3n) is 4.19. The molecule has 1 N–H and O–H groups in total. The van der Waals surface area contributed by atoms with E-state index in [2.05, 4.69) is 84.9 Å². The largest absolute Gasteiger partial charge is 0.378 e. The molecule has 0 aliphatic carbocycles. The van der Waals surface area contributed by atoms with Crippen LogP contribution >= 0.6 is 11.3 Å². The Labute approximate surface area is 154 Å². The Bertz CT molecular complexity index is 825. The first-order valence-electron chi connectivity index (χ1n) is 8.44. The molecule has 0 spiro atoms. The van der Waals surface area contributed by atoms with Crippen molar-refractivity contribution >= 4 is 27.8 Å². The Morgan fingerprint density at radius 2 is 1.56 bits per heavy atom. The van der Waals surface area contributed by atoms with Crippen LogP contribution in [0.15, 0.2) is 53.9 Å². The fraction of sp³-hybridized carbons (Fsp3) is 0.286. The Balaban J connectivity index is 1.74. The van der Waals surface area contributed by atoms with E-state index in [9.17, 15) is 0 Å². The fourth-order valence-electron chi connectivity index (χ4n) is 2.57. The van der Waals surface area contributed by atoms with Gasteiger partial charge < -0.3 is 10.2 Å². The molecule has 3 aromatic rings. The number of nitrogens with one attached hydrogen (secondary N) is 1. The minimum atomic E-state index is 0.173. The molecule has 0 saturated heterocycles. The molecule has 25 heavy (non-hydrogen) atoms. The van der Waals surface area contributed by atoms with Crippen molar-refractivity contribution in [1.29, 1.82) is 0 Å². The number of nitrogens with zero attached hydrogens (tertiary/aromatic N) is 2. The maximum Gasteiger partial charge on any atom is 0.187 e. The molecule has 0 saturated carbocycles. The topological polar surface area (TPSA) is 28.2 Å². The number of thiazole rings is 1. The molecule has 0 radical (unpaired) electrons. The van der Waals surface area contributed by atoms with Crippen LogP contribution in [-0.2, 0) is 5.41 Å². The standard InChI is InChI=1S/C21H25N3S/c1-21(2,3)16-8-6-15(7-9-16)19-14-25-20(23-19)22-17-10-12-18(13-11-17)24(4)5/h6-14H,1-5H3,(H,22,23). The lowest BCUT2D eigenvalue weighted by Crippen LogP contribution is -2.10. The number of benzene rings is 2. The van der Waals surface area contributed by atoms with Crippen LogP contribution in [0.3, 0.4) is 0 Å². The normalized spacial score (nSPS) is 11.4. The van der Waals surface area contributed by atoms with Crippen molar-refractivity contribution in [2.45, 2.75) is 26.2 Å². The van der Waals surface area contributed by atoms with Crippen molar-refractivity contribution < 1.29 is 0 Å². The second-order valence-electron chi connectivity index (χ2n) is 7.43. The van der Waals surface area contributed by atoms with Crippen LogP contribution in [0.25, 0.3) is 11.3 Å². The van der Waals surface area contributed by atoms with Crippen molar-refractivity contribution in [3.05, 3.63) is 59.5 Å². The zero-order valence-electron chi connectivity index (χ0n) is 15.5. The number of rotatable bonds is 4. The number of hydrogen-bond donors (Lipinski definition) is 1. The molecule has 3 nitrogen and oxygen atoms in total. The molecule has 0 amide bonds. The molecular weight excluding hydrogens is 326 g/mol. The van der Waals surface area contributed by atoms with Crippen molar-refractivity contribution in [1.82, 2.24) is 4.98 Å². The molecule has 0 bridgehead atoms. The fourth-order valence-corrected chi connectivity index (χ4v) is 3.31. The van der Waals surface area contributed by atoms with Crippen LogP contribution in [0.2, 0.25) is 0 Å². The maximum absolute atomic E-state index is 4.72. The average Bonchev–Trinajstić information content (AvgIpc) is 3.03. The third kappa shape index (κ3) is 4.20. The SMILES string of the molecule is CN(C)c1ccc(Nc2nc(-c3ccc(C(C)(C)C)cc3)cs2)cc1. The highest BCUT2D eigenvalue weighted by Gasteiger charge is 2.13. The zero-order chi connectivity index (χ0) is 18.0. The van der Waals surface area contributed by atoms with Crippen LogP contribution in [0.1, 0.15) is 26.3 Å². The Morgan fingerprint density at radius 1 is 0.920 bits per heavy atom. The second kappa shape index (κ2) is 6.89. The van der Waals surface area contributed by atoms with E-state index in [1.165, 1.54) is 11.3 Å². The van der Waals surface area contributed by atoms with E-state index < -0.39 is 0 Å². The minimum absolute atomic E-state index is 0.173. The van der Waals surface area contributed by atoms with Gasteiger partial charge in [-0.2, -0.15) is 0 Å². The van der Waals surface area contributed by atoms with Crippen molar-refractivity contribution in [3.8, 4) is 11.3 Å². The van der Waals surface area contributed by atoms with Crippen molar-refractivity contribution in [2.75, 3.05) is 24.3 Å². The molecule has 0 atom stereocenters. The molecule has 0 aliphatic rings. The highest BCUT2D eigenvalue weighted by atomic mass is 32.1. The van der Waals surface area contributed by atoms with Crippen LogP contribution in [0.5, 0.6) is 0 Å². The van der Waals surface area contributed by atoms with Gasteiger partial charge in [-0.15, -0.1) is 11.3 Å². The van der Waals surface area contributed by atoms with Crippen LogP contribution in [0.4, 0.5) is 16.5 Å². The Kier molecular flexibility index (Phi) is 4.82. The van der Waals surface area contributed by atoms with Gasteiger partial charge in [0.15, 0.2) is 5.13 Å². The van der Waals surface area contributed by atoms with Crippen LogP contribution in [0, 0.1) is 0 Å². The first-order valence-corrected chi connectivity index (χ1v) is 9.32. The zero-order valence-corrected chi connectivity index (χ0v) is 16.3. The van der Waals surface area contributed by atoms with Crippen molar-refractivity contribution in [2.24, 2.45) is 0 Å². The van der Waals surface area contributed by atoms with E-state index in [0.717, 1.165) is 22.1 Å². The predicted octanol–water partition coefficient (Wildman–Crippen LogP) is 5.92. The van der Waals surface area contributed by atoms with Gasteiger partial charge in [0.2, 0.25) is 0 Å². The summed E-state index contributed by atoms with van der Waals surface area (Å²) in [6.45, 7) is 6.69. The summed E-state index contributed by atoms with van der Waals surface area (Å²) in [5, 5.41) is 6.39. The molecular formula is C21H25N3S. The van der Waals surface area contributed by atoms with Gasteiger partial charge in [-0.1, -0.05) is 45.0 Å². The molecule has 130 valence electrons. The van der Waals surface area contributed by atoms with Gasteiger partial charge in [-0.3, -0.25) is 0 Å². The summed E-state index contributed by atoms with van der Waals surface area (Å²) >= 11 is 1.63. The summed E-state index contributed by atoms with van der Waals surface area (Å²) in [6.07, 6.45) is 0. The summed E-state index contributed by atoms with van der Waals surface area (Å²) in [5.41, 5.74) is 5.91. The van der Waals surface area contributed by atoms with E-state index in [1.54, 1.807) is 11.3 Å². The summed E-state index contributed by atoms with van der Waals surface area (Å²) in [7, 11) is 4.08. The van der Waals surface area contributed by atoms with Crippen molar-refractivity contribution in [3.63, 3.8) is 0 Å². The lowest BCUT2D eigenvalue weighted by Gasteiger charge is -2.18. The highest BCUT2D eigenvalue weighted by Crippen LogP contribution is 2.30. The predicted molar refractivity (Wildman–Crippen MR) is 110 cm³/mol.